The summed E-state index contributed by atoms with van der Waals surface area (Å²) in [5.74, 6) is -3.29. The van der Waals surface area contributed by atoms with Gasteiger partial charge in [0.15, 0.2) is 11.6 Å². The third kappa shape index (κ3) is 4.23. The normalized spacial score (nSPS) is 12.0. The molecule has 0 aliphatic carbocycles. The van der Waals surface area contributed by atoms with Crippen molar-refractivity contribution in [1.29, 1.82) is 0 Å². The molecule has 2 heterocycles. The highest BCUT2D eigenvalue weighted by atomic mass is 32.1. The Morgan fingerprint density at radius 2 is 1.97 bits per heavy atom. The van der Waals surface area contributed by atoms with Gasteiger partial charge < -0.3 is 10.6 Å². The molecule has 0 saturated heterocycles. The lowest BCUT2D eigenvalue weighted by molar-refractivity contribution is -0.129. The van der Waals surface area contributed by atoms with Crippen LogP contribution in [0.2, 0.25) is 0 Å². The first-order chi connectivity index (χ1) is 14.2. The molecule has 0 spiro atoms. The minimum Gasteiger partial charge on any atom is -0.357 e. The van der Waals surface area contributed by atoms with Gasteiger partial charge in [0.2, 0.25) is 11.8 Å². The quantitative estimate of drug-likeness (QED) is 0.623. The van der Waals surface area contributed by atoms with Gasteiger partial charge in [0, 0.05) is 24.9 Å². The maximum absolute atomic E-state index is 13.6. The van der Waals surface area contributed by atoms with Crippen molar-refractivity contribution in [1.82, 2.24) is 20.2 Å². The number of hydrogen-bond donors (Lipinski definition) is 2. The number of likely N-dealkylation sites (N-methyl/N-ethyl adjacent to an activating group) is 1. The predicted octanol–water partition coefficient (Wildman–Crippen LogP) is 2.35. The molecular weight excluding hydrogens is 414 g/mol. The van der Waals surface area contributed by atoms with Crippen LogP contribution < -0.4 is 16.2 Å². The summed E-state index contributed by atoms with van der Waals surface area (Å²) in [5, 5.41) is 5.41. The van der Waals surface area contributed by atoms with Crippen molar-refractivity contribution < 1.29 is 18.4 Å². The van der Waals surface area contributed by atoms with Crippen LogP contribution in [-0.2, 0) is 16.1 Å². The number of carbonyl (C=O) groups excluding carboxylic acids is 2. The van der Waals surface area contributed by atoms with Crippen LogP contribution in [0.4, 0.5) is 8.78 Å². The van der Waals surface area contributed by atoms with E-state index in [9.17, 15) is 23.2 Å². The largest absolute Gasteiger partial charge is 0.357 e. The van der Waals surface area contributed by atoms with Crippen LogP contribution in [0.15, 0.2) is 29.3 Å². The van der Waals surface area contributed by atoms with Crippen LogP contribution in [0, 0.1) is 25.5 Å². The molecule has 0 bridgehead atoms. The lowest BCUT2D eigenvalue weighted by Crippen LogP contribution is -2.39. The highest BCUT2D eigenvalue weighted by Crippen LogP contribution is 2.25. The van der Waals surface area contributed by atoms with Gasteiger partial charge in [-0.1, -0.05) is 6.07 Å². The van der Waals surface area contributed by atoms with E-state index in [2.05, 4.69) is 15.6 Å². The molecule has 3 aromatic rings. The fraction of sp³-hybridized carbons (Fsp3) is 0.300. The second kappa shape index (κ2) is 8.70. The molecule has 3 rings (SSSR count). The van der Waals surface area contributed by atoms with Gasteiger partial charge in [0.05, 0.1) is 11.7 Å². The van der Waals surface area contributed by atoms with Crippen molar-refractivity contribution in [2.24, 2.45) is 0 Å². The average Bonchev–Trinajstić information content (AvgIpc) is 3.01. The van der Waals surface area contributed by atoms with Crippen LogP contribution in [0.25, 0.3) is 10.2 Å². The third-order valence-electron chi connectivity index (χ3n) is 4.83. The van der Waals surface area contributed by atoms with E-state index in [4.69, 9.17) is 0 Å². The molecule has 0 fully saturated rings. The second-order valence-electron chi connectivity index (χ2n) is 6.74. The number of aryl methyl sites for hydroxylation is 3. The smallest absolute Gasteiger partial charge is 0.262 e. The minimum atomic E-state index is -1.20. The monoisotopic (exact) mass is 434 g/mol. The molecule has 2 amide bonds. The van der Waals surface area contributed by atoms with E-state index in [1.165, 1.54) is 35.3 Å². The number of nitrogens with one attached hydrogen (secondary N) is 2. The number of nitrogens with zero attached hydrogens (tertiary/aromatic N) is 2. The van der Waals surface area contributed by atoms with Gasteiger partial charge in [0.1, 0.15) is 10.9 Å². The Labute approximate surface area is 174 Å². The lowest BCUT2D eigenvalue weighted by atomic mass is 10.1. The SMILES string of the molecule is CNC(=O)C(NC(=O)CCn1cnc2sc(C)c(C)c2c1=O)c1ccc(F)c(F)c1. The molecule has 2 N–H and O–H groups in total. The molecular formula is C20H20F2N4O3S. The fourth-order valence-corrected chi connectivity index (χ4v) is 4.01. The van der Waals surface area contributed by atoms with Gasteiger partial charge in [-0.15, -0.1) is 11.3 Å². The van der Waals surface area contributed by atoms with Crippen LogP contribution in [0.5, 0.6) is 0 Å². The molecule has 1 atom stereocenters. The molecule has 158 valence electrons. The molecule has 0 aliphatic heterocycles. The summed E-state index contributed by atoms with van der Waals surface area (Å²) < 4.78 is 28.1. The molecule has 0 saturated carbocycles. The van der Waals surface area contributed by atoms with Crippen molar-refractivity contribution in [2.75, 3.05) is 7.05 Å². The van der Waals surface area contributed by atoms with Crippen LogP contribution in [0.1, 0.15) is 28.5 Å². The molecule has 0 aliphatic rings. The summed E-state index contributed by atoms with van der Waals surface area (Å²) in [6.45, 7) is 3.82. The van der Waals surface area contributed by atoms with E-state index >= 15 is 0 Å². The molecule has 1 aromatic carbocycles. The fourth-order valence-electron chi connectivity index (χ4n) is 3.02. The standard InChI is InChI=1S/C20H20F2N4O3S/c1-10-11(2)30-19-16(10)20(29)26(9-24-19)7-6-15(27)25-17(18(28)23-3)12-4-5-13(21)14(22)8-12/h4-5,8-9,17H,6-7H2,1-3H3,(H,23,28)(H,25,27). The molecule has 10 heteroatoms. The van der Waals surface area contributed by atoms with Crippen molar-refractivity contribution in [3.8, 4) is 0 Å². The van der Waals surface area contributed by atoms with E-state index in [1.54, 1.807) is 0 Å². The minimum absolute atomic E-state index is 0.0557. The molecule has 0 radical (unpaired) electrons. The average molecular weight is 434 g/mol. The Kier molecular flexibility index (Phi) is 6.25. The molecule has 2 aromatic heterocycles. The Morgan fingerprint density at radius 1 is 1.23 bits per heavy atom. The maximum atomic E-state index is 13.6. The van der Waals surface area contributed by atoms with Gasteiger partial charge in [-0.05, 0) is 37.1 Å². The number of carbonyl (C=O) groups is 2. The van der Waals surface area contributed by atoms with Gasteiger partial charge >= 0.3 is 0 Å². The number of hydrogen-bond acceptors (Lipinski definition) is 5. The molecule has 7 nitrogen and oxygen atoms in total. The Hall–Kier alpha value is -3.14. The summed E-state index contributed by atoms with van der Waals surface area (Å²) in [6.07, 6.45) is 1.28. The van der Waals surface area contributed by atoms with E-state index in [0.717, 1.165) is 22.6 Å². The van der Waals surface area contributed by atoms with E-state index < -0.39 is 29.5 Å². The first-order valence-electron chi connectivity index (χ1n) is 9.14. The highest BCUT2D eigenvalue weighted by Gasteiger charge is 2.23. The van der Waals surface area contributed by atoms with Crippen molar-refractivity contribution in [2.45, 2.75) is 32.9 Å². The maximum Gasteiger partial charge on any atom is 0.262 e. The first-order valence-corrected chi connectivity index (χ1v) is 9.95. The second-order valence-corrected chi connectivity index (χ2v) is 7.95. The lowest BCUT2D eigenvalue weighted by Gasteiger charge is -2.18. The number of halogens is 2. The highest BCUT2D eigenvalue weighted by molar-refractivity contribution is 7.18. The zero-order chi connectivity index (χ0) is 22.0. The summed E-state index contributed by atoms with van der Waals surface area (Å²) in [5.41, 5.74) is 0.730. The Balaban J connectivity index is 1.76. The van der Waals surface area contributed by atoms with Gasteiger partial charge in [-0.25, -0.2) is 13.8 Å². The molecule has 30 heavy (non-hydrogen) atoms. The Morgan fingerprint density at radius 3 is 2.63 bits per heavy atom. The first kappa shape index (κ1) is 21.6. The summed E-state index contributed by atoms with van der Waals surface area (Å²) >= 11 is 1.43. The number of rotatable bonds is 6. The van der Waals surface area contributed by atoms with Crippen molar-refractivity contribution >= 4 is 33.4 Å². The number of fused-ring (bicyclic) bond motifs is 1. The Bertz CT molecular complexity index is 1190. The zero-order valence-corrected chi connectivity index (χ0v) is 17.4. The number of benzene rings is 1. The predicted molar refractivity (Wildman–Crippen MR) is 109 cm³/mol. The topological polar surface area (TPSA) is 93.1 Å². The van der Waals surface area contributed by atoms with Gasteiger partial charge in [-0.2, -0.15) is 0 Å². The molecule has 1 unspecified atom stereocenters. The number of aromatic nitrogens is 2. The van der Waals surface area contributed by atoms with E-state index in [0.29, 0.717) is 10.2 Å². The van der Waals surface area contributed by atoms with Crippen molar-refractivity contribution in [3.05, 3.63) is 62.5 Å². The van der Waals surface area contributed by atoms with Gasteiger partial charge in [0.25, 0.3) is 5.56 Å². The summed E-state index contributed by atoms with van der Waals surface area (Å²) in [7, 11) is 1.37. The van der Waals surface area contributed by atoms with E-state index in [-0.39, 0.29) is 24.1 Å². The summed E-state index contributed by atoms with van der Waals surface area (Å²) in [4.78, 5) is 43.2. The van der Waals surface area contributed by atoms with Crippen LogP contribution in [-0.4, -0.2) is 28.4 Å². The van der Waals surface area contributed by atoms with Gasteiger partial charge in [-0.3, -0.25) is 19.0 Å². The van der Waals surface area contributed by atoms with E-state index in [1.807, 2.05) is 13.8 Å². The summed E-state index contributed by atoms with van der Waals surface area (Å²) in [6, 6.07) is 1.78. The third-order valence-corrected chi connectivity index (χ3v) is 5.94. The van der Waals surface area contributed by atoms with Crippen LogP contribution in [0.3, 0.4) is 0 Å². The number of thiophene rings is 1. The zero-order valence-electron chi connectivity index (χ0n) is 16.6. The van der Waals surface area contributed by atoms with Crippen LogP contribution >= 0.6 is 11.3 Å². The number of amides is 2. The van der Waals surface area contributed by atoms with Crippen molar-refractivity contribution in [3.63, 3.8) is 0 Å².